The fourth-order valence-electron chi connectivity index (χ4n) is 4.96. The molecule has 2 aromatic rings. The number of guanidine groups is 1. The smallest absolute Gasteiger partial charge is 0.414 e. The summed E-state index contributed by atoms with van der Waals surface area (Å²) in [6.07, 6.45) is -0.235. The van der Waals surface area contributed by atoms with E-state index in [9.17, 15) is 14.4 Å². The standard InChI is InChI=1S/C30H37ClN4O6/c1-19-16-21(14-15-39-19)35-24(36)17-30(5,34-26(35)33-28(38)41-29(2,3)4)22-12-9-13-23(25(22)31)32-27(37)40-18-20-10-7-6-8-11-20/h6-13,19,21H,14-18H2,1-5H3,(H,32,37)(H,33,34,38)/t19?,21?,30-/m0/s1. The number of carbonyl (C=O) groups excluding carboxylic acids is 3. The van der Waals surface area contributed by atoms with E-state index in [2.05, 4.69) is 10.6 Å². The van der Waals surface area contributed by atoms with Crippen LogP contribution >= 0.6 is 11.6 Å². The molecule has 2 heterocycles. The van der Waals surface area contributed by atoms with Crippen LogP contribution in [0, 0.1) is 0 Å². The molecule has 1 saturated heterocycles. The molecule has 0 bridgehead atoms. The first-order chi connectivity index (χ1) is 19.3. The summed E-state index contributed by atoms with van der Waals surface area (Å²) in [5, 5.41) is 5.61. The van der Waals surface area contributed by atoms with Crippen molar-refractivity contribution in [3.8, 4) is 0 Å². The topological polar surface area (TPSA) is 119 Å². The molecule has 41 heavy (non-hydrogen) atoms. The highest BCUT2D eigenvalue weighted by Crippen LogP contribution is 2.41. The minimum Gasteiger partial charge on any atom is -0.444 e. The number of nitrogens with one attached hydrogen (secondary N) is 2. The maximum Gasteiger partial charge on any atom is 0.414 e. The van der Waals surface area contributed by atoms with Gasteiger partial charge in [-0.25, -0.2) is 14.6 Å². The first-order valence-electron chi connectivity index (χ1n) is 13.6. The Labute approximate surface area is 245 Å². The Morgan fingerprint density at radius 2 is 1.85 bits per heavy atom. The van der Waals surface area contributed by atoms with Gasteiger partial charge in [0.25, 0.3) is 0 Å². The fraction of sp³-hybridized carbons (Fsp3) is 0.467. The van der Waals surface area contributed by atoms with E-state index in [1.165, 1.54) is 0 Å². The zero-order chi connectivity index (χ0) is 29.8. The second-order valence-corrected chi connectivity index (χ2v) is 11.9. The zero-order valence-electron chi connectivity index (χ0n) is 24.0. The average molecular weight is 585 g/mol. The molecule has 3 amide bonds. The number of rotatable bonds is 5. The highest BCUT2D eigenvalue weighted by Gasteiger charge is 2.44. The van der Waals surface area contributed by atoms with Crippen molar-refractivity contribution < 1.29 is 28.6 Å². The highest BCUT2D eigenvalue weighted by molar-refractivity contribution is 6.34. The van der Waals surface area contributed by atoms with Crippen molar-refractivity contribution in [1.29, 1.82) is 0 Å². The first-order valence-corrected chi connectivity index (χ1v) is 14.0. The number of hydrogen-bond acceptors (Lipinski definition) is 7. The molecular formula is C30H37ClN4O6. The van der Waals surface area contributed by atoms with E-state index in [0.717, 1.165) is 5.56 Å². The Morgan fingerprint density at radius 1 is 1.12 bits per heavy atom. The van der Waals surface area contributed by atoms with Gasteiger partial charge in [0, 0.05) is 18.2 Å². The van der Waals surface area contributed by atoms with Crippen molar-refractivity contribution in [2.75, 3.05) is 11.9 Å². The van der Waals surface area contributed by atoms with Crippen molar-refractivity contribution in [2.45, 2.75) is 83.8 Å². The van der Waals surface area contributed by atoms with Gasteiger partial charge < -0.3 is 14.2 Å². The summed E-state index contributed by atoms with van der Waals surface area (Å²) >= 11 is 6.79. The van der Waals surface area contributed by atoms with Gasteiger partial charge in [-0.2, -0.15) is 0 Å². The summed E-state index contributed by atoms with van der Waals surface area (Å²) in [7, 11) is 0. The number of halogens is 1. The van der Waals surface area contributed by atoms with Crippen molar-refractivity contribution in [2.24, 2.45) is 4.99 Å². The van der Waals surface area contributed by atoms with Gasteiger partial charge in [0.15, 0.2) is 0 Å². The summed E-state index contributed by atoms with van der Waals surface area (Å²) in [5.41, 5.74) is -0.218. The number of nitrogens with zero attached hydrogens (tertiary/aromatic N) is 2. The van der Waals surface area contributed by atoms with Crippen LogP contribution in [0.3, 0.4) is 0 Å². The quantitative estimate of drug-likeness (QED) is 0.446. The lowest BCUT2D eigenvalue weighted by Gasteiger charge is -2.42. The van der Waals surface area contributed by atoms with Gasteiger partial charge in [-0.15, -0.1) is 0 Å². The molecule has 2 aliphatic heterocycles. The van der Waals surface area contributed by atoms with Crippen molar-refractivity contribution in [3.63, 3.8) is 0 Å². The molecule has 4 rings (SSSR count). The van der Waals surface area contributed by atoms with Crippen LogP contribution in [-0.2, 0) is 31.2 Å². The van der Waals surface area contributed by atoms with E-state index in [4.69, 9.17) is 30.8 Å². The Morgan fingerprint density at radius 3 is 2.54 bits per heavy atom. The molecule has 2 aliphatic rings. The molecule has 0 aliphatic carbocycles. The monoisotopic (exact) mass is 584 g/mol. The SMILES string of the molecule is CC1CC(N2C(=O)C[C@@](C)(c3cccc(NC(=O)OCc4ccccc4)c3Cl)N=C2NC(=O)OC(C)(C)C)CCO1. The Hall–Kier alpha value is -3.63. The third-order valence-electron chi connectivity index (χ3n) is 6.81. The summed E-state index contributed by atoms with van der Waals surface area (Å²) in [5.74, 6) is -0.127. The van der Waals surface area contributed by atoms with E-state index < -0.39 is 23.3 Å². The third-order valence-corrected chi connectivity index (χ3v) is 7.22. The molecule has 0 aromatic heterocycles. The van der Waals surface area contributed by atoms with Crippen LogP contribution in [0.4, 0.5) is 15.3 Å². The zero-order valence-corrected chi connectivity index (χ0v) is 24.8. The predicted molar refractivity (Wildman–Crippen MR) is 156 cm³/mol. The van der Waals surface area contributed by atoms with Gasteiger partial charge in [-0.1, -0.05) is 54.1 Å². The number of carbonyl (C=O) groups is 3. The summed E-state index contributed by atoms with van der Waals surface area (Å²) in [4.78, 5) is 45.5. The van der Waals surface area contributed by atoms with E-state index in [1.807, 2.05) is 37.3 Å². The first kappa shape index (κ1) is 30.3. The Balaban J connectivity index is 1.61. The largest absolute Gasteiger partial charge is 0.444 e. The normalized spacial score (nSPS) is 22.9. The Bertz CT molecular complexity index is 1310. The minimum atomic E-state index is -1.14. The maximum absolute atomic E-state index is 13.7. The lowest BCUT2D eigenvalue weighted by atomic mass is 9.86. The number of hydrogen-bond donors (Lipinski definition) is 2. The molecule has 10 nitrogen and oxygen atoms in total. The average Bonchev–Trinajstić information content (AvgIpc) is 2.88. The number of anilines is 1. The van der Waals surface area contributed by atoms with Crippen LogP contribution in [0.15, 0.2) is 53.5 Å². The van der Waals surface area contributed by atoms with Gasteiger partial charge in [0.05, 0.1) is 28.8 Å². The maximum atomic E-state index is 13.7. The van der Waals surface area contributed by atoms with Crippen LogP contribution in [0.2, 0.25) is 5.02 Å². The van der Waals surface area contributed by atoms with Crippen LogP contribution in [0.1, 0.15) is 65.0 Å². The van der Waals surface area contributed by atoms with Crippen molar-refractivity contribution in [3.05, 3.63) is 64.7 Å². The van der Waals surface area contributed by atoms with Crippen LogP contribution in [-0.4, -0.2) is 53.3 Å². The second-order valence-electron chi connectivity index (χ2n) is 11.5. The molecule has 2 aromatic carbocycles. The van der Waals surface area contributed by atoms with Gasteiger partial charge in [-0.3, -0.25) is 20.3 Å². The van der Waals surface area contributed by atoms with E-state index in [0.29, 0.717) is 30.7 Å². The number of ether oxygens (including phenoxy) is 3. The lowest BCUT2D eigenvalue weighted by molar-refractivity contribution is -0.133. The number of amides is 3. The van der Waals surface area contributed by atoms with Crippen LogP contribution in [0.25, 0.3) is 0 Å². The van der Waals surface area contributed by atoms with Gasteiger partial charge >= 0.3 is 12.2 Å². The molecular weight excluding hydrogens is 548 g/mol. The number of alkyl carbamates (subject to hydrolysis) is 1. The van der Waals surface area contributed by atoms with E-state index in [-0.39, 0.29) is 42.1 Å². The summed E-state index contributed by atoms with van der Waals surface area (Å²) in [6, 6.07) is 14.2. The molecule has 2 N–H and O–H groups in total. The van der Waals surface area contributed by atoms with Crippen LogP contribution in [0.5, 0.6) is 0 Å². The molecule has 0 radical (unpaired) electrons. The molecule has 2 unspecified atom stereocenters. The van der Waals surface area contributed by atoms with E-state index >= 15 is 0 Å². The molecule has 3 atom stereocenters. The van der Waals surface area contributed by atoms with Gasteiger partial charge in [-0.05, 0) is 59.1 Å². The number of benzene rings is 2. The van der Waals surface area contributed by atoms with Crippen LogP contribution < -0.4 is 10.6 Å². The van der Waals surface area contributed by atoms with E-state index in [1.54, 1.807) is 50.8 Å². The Kier molecular flexibility index (Phi) is 9.24. The fourth-order valence-corrected chi connectivity index (χ4v) is 5.34. The van der Waals surface area contributed by atoms with Crippen molar-refractivity contribution >= 4 is 41.3 Å². The third kappa shape index (κ3) is 7.77. The van der Waals surface area contributed by atoms with Gasteiger partial charge in [0.2, 0.25) is 11.9 Å². The lowest BCUT2D eigenvalue weighted by Crippen LogP contribution is -2.58. The van der Waals surface area contributed by atoms with Gasteiger partial charge in [0.1, 0.15) is 12.2 Å². The molecule has 0 saturated carbocycles. The molecule has 220 valence electrons. The second kappa shape index (κ2) is 12.5. The number of aliphatic imine (C=N–C) groups is 1. The highest BCUT2D eigenvalue weighted by atomic mass is 35.5. The molecule has 1 fully saturated rings. The molecule has 0 spiro atoms. The summed E-state index contributed by atoms with van der Waals surface area (Å²) in [6.45, 7) is 9.58. The van der Waals surface area contributed by atoms with Crippen molar-refractivity contribution in [1.82, 2.24) is 10.2 Å². The predicted octanol–water partition coefficient (Wildman–Crippen LogP) is 5.98. The summed E-state index contributed by atoms with van der Waals surface area (Å²) < 4.78 is 16.5. The minimum absolute atomic E-state index is 0.000135. The molecule has 11 heteroatoms.